The minimum Gasteiger partial charge on any atom is -0.504 e. The molecule has 0 bridgehead atoms. The molecule has 0 amide bonds. The molecule has 6 nitrogen and oxygen atoms in total. The number of rotatable bonds is 2. The van der Waals surface area contributed by atoms with Crippen LogP contribution in [0.3, 0.4) is 0 Å². The minimum absolute atomic E-state index is 0. The van der Waals surface area contributed by atoms with E-state index >= 15 is 0 Å². The summed E-state index contributed by atoms with van der Waals surface area (Å²) in [5, 5.41) is 28.7. The topological polar surface area (TPSA) is 93.4 Å². The number of phenolic OH excluding ortho intramolecular Hbond substituents is 2. The lowest BCUT2D eigenvalue weighted by Gasteiger charge is -2.08. The minimum atomic E-state index is -0.598. The van der Waals surface area contributed by atoms with Crippen molar-refractivity contribution in [3.05, 3.63) is 23.1 Å². The molecule has 0 aromatic heterocycles. The summed E-state index contributed by atoms with van der Waals surface area (Å²) in [4.78, 5) is 9.80. The van der Waals surface area contributed by atoms with Crippen LogP contribution < -0.4 is 5.17 Å². The van der Waals surface area contributed by atoms with E-state index in [0.717, 1.165) is 0 Å². The lowest BCUT2D eigenvalue weighted by atomic mass is 10.3. The third kappa shape index (κ3) is 2.32. The molecule has 0 saturated carbocycles. The van der Waals surface area contributed by atoms with E-state index in [4.69, 9.17) is 15.4 Å². The molecule has 0 unspecified atom stereocenters. The van der Waals surface area contributed by atoms with Gasteiger partial charge in [0.2, 0.25) is 0 Å². The van der Waals surface area contributed by atoms with Crippen molar-refractivity contribution in [2.45, 2.75) is 0 Å². The first-order chi connectivity index (χ1) is 5.66. The van der Waals surface area contributed by atoms with Crippen LogP contribution in [0.2, 0.25) is 0 Å². The molecule has 67 valence electrons. The molecule has 0 heterocycles. The average molecular weight is 197 g/mol. The summed E-state index contributed by atoms with van der Waals surface area (Å²) in [6.07, 6.45) is 0. The Labute approximate surface area is 84.1 Å². The Balaban J connectivity index is 0.00000144. The number of anilines is 1. The molecule has 0 aliphatic rings. The third-order valence-corrected chi connectivity index (χ3v) is 1.29. The molecule has 13 heavy (non-hydrogen) atoms. The number of benzene rings is 1. The van der Waals surface area contributed by atoms with Crippen LogP contribution in [0.15, 0.2) is 23.5 Å². The van der Waals surface area contributed by atoms with Crippen molar-refractivity contribution in [3.63, 3.8) is 0 Å². The molecule has 0 aliphatic heterocycles. The van der Waals surface area contributed by atoms with Gasteiger partial charge >= 0.3 is 0 Å². The fourth-order valence-corrected chi connectivity index (χ4v) is 0.725. The van der Waals surface area contributed by atoms with Crippen LogP contribution in [0, 0.1) is 4.91 Å². The second-order valence-corrected chi connectivity index (χ2v) is 2.02. The maximum atomic E-state index is 9.80. The smallest absolute Gasteiger partial charge is 0.186 e. The molecule has 1 rings (SSSR count). The zero-order valence-corrected chi connectivity index (χ0v) is 7.61. The molecule has 7 heteroatoms. The van der Waals surface area contributed by atoms with Crippen molar-refractivity contribution in [2.75, 3.05) is 5.17 Å². The molecular weight excluding hydrogens is 191 g/mol. The Kier molecular flexibility index (Phi) is 4.21. The summed E-state index contributed by atoms with van der Waals surface area (Å²) >= 11 is 0. The first-order valence-corrected chi connectivity index (χ1v) is 3.00. The van der Waals surface area contributed by atoms with Gasteiger partial charge in [-0.3, -0.25) is 5.21 Å². The van der Waals surface area contributed by atoms with Crippen molar-refractivity contribution in [2.24, 2.45) is 5.29 Å². The van der Waals surface area contributed by atoms with Gasteiger partial charge in [0.15, 0.2) is 11.5 Å². The standard InChI is InChI=1S/C6H6N2O4.Al/c9-5-3-1-2-4(6(5)10)8(12)7-11;/h1-3,9-10,12H;. The number of nitrogens with zero attached hydrogens (tertiary/aromatic N) is 2. The number of hydrogen-bond donors (Lipinski definition) is 3. The summed E-state index contributed by atoms with van der Waals surface area (Å²) in [6, 6.07) is 3.77. The Hall–Kier alpha value is -1.29. The first kappa shape index (κ1) is 11.7. The van der Waals surface area contributed by atoms with Gasteiger partial charge in [0.1, 0.15) is 5.69 Å². The average Bonchev–Trinajstić information content (AvgIpc) is 2.08. The van der Waals surface area contributed by atoms with E-state index in [2.05, 4.69) is 5.29 Å². The second-order valence-electron chi connectivity index (χ2n) is 2.02. The first-order valence-electron chi connectivity index (χ1n) is 3.00. The number of hydrogen-bond acceptors (Lipinski definition) is 5. The highest BCUT2D eigenvalue weighted by Gasteiger charge is 2.11. The molecule has 0 aliphatic carbocycles. The van der Waals surface area contributed by atoms with Crippen LogP contribution in [-0.2, 0) is 0 Å². The highest BCUT2D eigenvalue weighted by molar-refractivity contribution is 5.75. The Morgan fingerprint density at radius 1 is 1.31 bits per heavy atom. The molecule has 0 atom stereocenters. The maximum Gasteiger partial charge on any atom is 0.186 e. The molecule has 3 radical (unpaired) electrons. The molecule has 0 fully saturated rings. The molecule has 0 saturated heterocycles. The predicted molar refractivity (Wildman–Crippen MR) is 45.6 cm³/mol. The summed E-state index contributed by atoms with van der Waals surface area (Å²) in [5.41, 5.74) is -0.273. The third-order valence-electron chi connectivity index (χ3n) is 1.29. The SMILES string of the molecule is O=NN(O)c1cccc(O)c1O.[Al]. The van der Waals surface area contributed by atoms with E-state index in [1.165, 1.54) is 18.2 Å². The van der Waals surface area contributed by atoms with Crippen LogP contribution in [0.1, 0.15) is 0 Å². The zero-order valence-electron chi connectivity index (χ0n) is 6.45. The molecule has 1 aromatic carbocycles. The van der Waals surface area contributed by atoms with Crippen molar-refractivity contribution in [1.29, 1.82) is 0 Å². The van der Waals surface area contributed by atoms with Gasteiger partial charge in [0, 0.05) is 17.4 Å². The number of aromatic hydroxyl groups is 2. The van der Waals surface area contributed by atoms with Crippen LogP contribution in [0.4, 0.5) is 5.69 Å². The summed E-state index contributed by atoms with van der Waals surface area (Å²) in [7, 11) is 0. The van der Waals surface area contributed by atoms with Gasteiger partial charge in [-0.2, -0.15) is 0 Å². The lowest BCUT2D eigenvalue weighted by Crippen LogP contribution is -2.07. The van der Waals surface area contributed by atoms with E-state index in [-0.39, 0.29) is 28.2 Å². The number of para-hydroxylation sites is 1. The van der Waals surface area contributed by atoms with Crippen molar-refractivity contribution in [1.82, 2.24) is 0 Å². The van der Waals surface area contributed by atoms with Gasteiger partial charge < -0.3 is 10.2 Å². The summed E-state index contributed by atoms with van der Waals surface area (Å²) < 4.78 is 0. The van der Waals surface area contributed by atoms with Crippen molar-refractivity contribution >= 4 is 23.0 Å². The van der Waals surface area contributed by atoms with Gasteiger partial charge in [0.05, 0.1) is 5.29 Å². The van der Waals surface area contributed by atoms with E-state index in [0.29, 0.717) is 0 Å². The van der Waals surface area contributed by atoms with E-state index in [9.17, 15) is 4.91 Å². The van der Waals surface area contributed by atoms with Crippen molar-refractivity contribution < 1.29 is 15.4 Å². The van der Waals surface area contributed by atoms with Crippen molar-refractivity contribution in [3.8, 4) is 11.5 Å². The normalized spacial score (nSPS) is 8.69. The lowest BCUT2D eigenvalue weighted by molar-refractivity contribution is 0.253. The largest absolute Gasteiger partial charge is 0.504 e. The summed E-state index contributed by atoms with van der Waals surface area (Å²) in [6.45, 7) is 0. The van der Waals surface area contributed by atoms with Crippen LogP contribution in [-0.4, -0.2) is 32.8 Å². The molecule has 3 N–H and O–H groups in total. The summed E-state index contributed by atoms with van der Waals surface area (Å²) in [5.74, 6) is -1.03. The highest BCUT2D eigenvalue weighted by Crippen LogP contribution is 2.34. The fraction of sp³-hybridized carbons (Fsp3) is 0. The Morgan fingerprint density at radius 3 is 2.46 bits per heavy atom. The Morgan fingerprint density at radius 2 is 1.92 bits per heavy atom. The Bertz CT molecular complexity index is 307. The number of nitroso groups, excluding NO2 is 1. The predicted octanol–water partition coefficient (Wildman–Crippen LogP) is 0.594. The van der Waals surface area contributed by atoms with Crippen LogP contribution in [0.5, 0.6) is 11.5 Å². The quantitative estimate of drug-likeness (QED) is 0.279. The fourth-order valence-electron chi connectivity index (χ4n) is 0.725. The van der Waals surface area contributed by atoms with Gasteiger partial charge in [0.25, 0.3) is 0 Å². The van der Waals surface area contributed by atoms with E-state index in [1.54, 1.807) is 0 Å². The second kappa shape index (κ2) is 4.67. The molecular formula is C6H6AlN2O4. The number of phenols is 2. The van der Waals surface area contributed by atoms with Crippen LogP contribution >= 0.6 is 0 Å². The van der Waals surface area contributed by atoms with Crippen LogP contribution in [0.25, 0.3) is 0 Å². The van der Waals surface area contributed by atoms with Gasteiger partial charge in [-0.1, -0.05) is 6.07 Å². The molecule has 0 spiro atoms. The molecule has 1 aromatic rings. The zero-order chi connectivity index (χ0) is 9.14. The monoisotopic (exact) mass is 197 g/mol. The van der Waals surface area contributed by atoms with E-state index < -0.39 is 11.5 Å². The van der Waals surface area contributed by atoms with Gasteiger partial charge in [-0.25, -0.2) is 0 Å². The highest BCUT2D eigenvalue weighted by atomic mass is 27.0. The van der Waals surface area contributed by atoms with E-state index in [1.807, 2.05) is 0 Å². The maximum absolute atomic E-state index is 9.80. The van der Waals surface area contributed by atoms with Gasteiger partial charge in [-0.05, 0) is 12.1 Å². The van der Waals surface area contributed by atoms with Gasteiger partial charge in [-0.15, -0.1) is 10.1 Å².